The van der Waals surface area contributed by atoms with Gasteiger partial charge in [0.1, 0.15) is 0 Å². The number of amides is 1. The number of carbonyl (C=O) groups excluding carboxylic acids is 1. The first-order chi connectivity index (χ1) is 8.08. The number of rotatable bonds is 1. The third-order valence-corrected chi connectivity index (χ3v) is 4.30. The standard InChI is InChI=1S/C12H12BrCl2NO/c13-9-2-1-5-16(7-9)12(17)8-3-4-10(14)11(15)6-8/h3-4,6,9H,1-2,5,7H2. The summed E-state index contributed by atoms with van der Waals surface area (Å²) in [5.74, 6) is 0.0210. The Bertz CT molecular complexity index is 439. The third-order valence-electron chi connectivity index (χ3n) is 2.82. The molecular weight excluding hydrogens is 325 g/mol. The lowest BCUT2D eigenvalue weighted by Crippen LogP contribution is -2.40. The molecule has 0 radical (unpaired) electrons. The third kappa shape index (κ3) is 3.15. The Morgan fingerprint density at radius 3 is 2.76 bits per heavy atom. The van der Waals surface area contributed by atoms with E-state index in [9.17, 15) is 4.79 Å². The smallest absolute Gasteiger partial charge is 0.253 e. The van der Waals surface area contributed by atoms with Crippen LogP contribution in [-0.2, 0) is 0 Å². The zero-order valence-corrected chi connectivity index (χ0v) is 12.2. The summed E-state index contributed by atoms with van der Waals surface area (Å²) in [4.78, 5) is 14.5. The number of alkyl halides is 1. The minimum Gasteiger partial charge on any atom is -0.338 e. The van der Waals surface area contributed by atoms with Gasteiger partial charge in [-0.05, 0) is 31.0 Å². The van der Waals surface area contributed by atoms with Crippen LogP contribution >= 0.6 is 39.1 Å². The van der Waals surface area contributed by atoms with Gasteiger partial charge < -0.3 is 4.90 Å². The summed E-state index contributed by atoms with van der Waals surface area (Å²) in [6, 6.07) is 5.01. The summed E-state index contributed by atoms with van der Waals surface area (Å²) in [5, 5.41) is 0.894. The number of piperidine rings is 1. The van der Waals surface area contributed by atoms with Gasteiger partial charge in [-0.3, -0.25) is 4.79 Å². The normalized spacial score (nSPS) is 20.4. The lowest BCUT2D eigenvalue weighted by Gasteiger charge is -2.30. The van der Waals surface area contributed by atoms with Crippen molar-refractivity contribution in [2.24, 2.45) is 0 Å². The highest BCUT2D eigenvalue weighted by molar-refractivity contribution is 9.09. The second kappa shape index (κ2) is 5.59. The molecule has 92 valence electrons. The molecular formula is C12H12BrCl2NO. The molecule has 1 fully saturated rings. The number of likely N-dealkylation sites (tertiary alicyclic amines) is 1. The van der Waals surface area contributed by atoms with Gasteiger partial charge in [0.05, 0.1) is 10.0 Å². The van der Waals surface area contributed by atoms with Gasteiger partial charge in [-0.15, -0.1) is 0 Å². The van der Waals surface area contributed by atoms with Gasteiger partial charge in [0.25, 0.3) is 5.91 Å². The van der Waals surface area contributed by atoms with E-state index >= 15 is 0 Å². The van der Waals surface area contributed by atoms with Crippen molar-refractivity contribution in [2.75, 3.05) is 13.1 Å². The Hall–Kier alpha value is -0.250. The van der Waals surface area contributed by atoms with E-state index in [4.69, 9.17) is 23.2 Å². The summed E-state index contributed by atoms with van der Waals surface area (Å²) in [6.07, 6.45) is 2.15. The van der Waals surface area contributed by atoms with Crippen molar-refractivity contribution in [1.29, 1.82) is 0 Å². The van der Waals surface area contributed by atoms with Gasteiger partial charge >= 0.3 is 0 Å². The molecule has 2 rings (SSSR count). The second-order valence-electron chi connectivity index (χ2n) is 4.12. The molecule has 1 aliphatic rings. The molecule has 0 aromatic heterocycles. The zero-order chi connectivity index (χ0) is 12.4. The zero-order valence-electron chi connectivity index (χ0n) is 9.13. The SMILES string of the molecule is O=C(c1ccc(Cl)c(Cl)c1)N1CCCC(Br)C1. The Kier molecular flexibility index (Phi) is 4.34. The monoisotopic (exact) mass is 335 g/mol. The molecule has 0 spiro atoms. The maximum absolute atomic E-state index is 12.2. The number of halogens is 3. The minimum absolute atomic E-state index is 0.0210. The van der Waals surface area contributed by atoms with Crippen LogP contribution in [0.4, 0.5) is 0 Å². The van der Waals surface area contributed by atoms with Gasteiger partial charge in [0, 0.05) is 23.5 Å². The lowest BCUT2D eigenvalue weighted by molar-refractivity contribution is 0.0730. The Morgan fingerprint density at radius 2 is 2.12 bits per heavy atom. The summed E-state index contributed by atoms with van der Waals surface area (Å²) in [7, 11) is 0. The van der Waals surface area contributed by atoms with Crippen LogP contribution in [0.25, 0.3) is 0 Å². The number of hydrogen-bond acceptors (Lipinski definition) is 1. The predicted octanol–water partition coefficient (Wildman–Crippen LogP) is 3.99. The first-order valence-electron chi connectivity index (χ1n) is 5.46. The molecule has 1 unspecified atom stereocenters. The molecule has 0 N–H and O–H groups in total. The van der Waals surface area contributed by atoms with E-state index in [0.29, 0.717) is 20.4 Å². The average Bonchev–Trinajstić information content (AvgIpc) is 2.32. The molecule has 1 aromatic rings. The van der Waals surface area contributed by atoms with Crippen LogP contribution in [0, 0.1) is 0 Å². The fourth-order valence-electron chi connectivity index (χ4n) is 1.92. The van der Waals surface area contributed by atoms with Crippen molar-refractivity contribution in [3.05, 3.63) is 33.8 Å². The number of nitrogens with zero attached hydrogens (tertiary/aromatic N) is 1. The molecule has 0 aliphatic carbocycles. The maximum atomic E-state index is 12.2. The Labute approximate surface area is 119 Å². The number of benzene rings is 1. The highest BCUT2D eigenvalue weighted by Gasteiger charge is 2.23. The van der Waals surface area contributed by atoms with Crippen LogP contribution in [-0.4, -0.2) is 28.7 Å². The molecule has 1 heterocycles. The van der Waals surface area contributed by atoms with E-state index < -0.39 is 0 Å². The summed E-state index contributed by atoms with van der Waals surface area (Å²) >= 11 is 15.3. The largest absolute Gasteiger partial charge is 0.338 e. The molecule has 1 saturated heterocycles. The van der Waals surface area contributed by atoms with Crippen molar-refractivity contribution in [1.82, 2.24) is 4.90 Å². The maximum Gasteiger partial charge on any atom is 0.253 e. The van der Waals surface area contributed by atoms with E-state index in [0.717, 1.165) is 25.9 Å². The summed E-state index contributed by atoms with van der Waals surface area (Å²) < 4.78 is 0. The predicted molar refractivity (Wildman–Crippen MR) is 74.3 cm³/mol. The van der Waals surface area contributed by atoms with Crippen molar-refractivity contribution >= 4 is 45.0 Å². The van der Waals surface area contributed by atoms with Gasteiger partial charge in [-0.2, -0.15) is 0 Å². The van der Waals surface area contributed by atoms with Crippen LogP contribution in [0.15, 0.2) is 18.2 Å². The van der Waals surface area contributed by atoms with Crippen LogP contribution < -0.4 is 0 Å². The molecule has 1 atom stereocenters. The van der Waals surface area contributed by atoms with Crippen molar-refractivity contribution in [3.8, 4) is 0 Å². The van der Waals surface area contributed by atoms with Crippen molar-refractivity contribution in [2.45, 2.75) is 17.7 Å². The van der Waals surface area contributed by atoms with Gasteiger partial charge in [0.2, 0.25) is 0 Å². The molecule has 1 aromatic carbocycles. The van der Waals surface area contributed by atoms with Crippen LogP contribution in [0.5, 0.6) is 0 Å². The van der Waals surface area contributed by atoms with E-state index in [1.54, 1.807) is 18.2 Å². The topological polar surface area (TPSA) is 20.3 Å². The molecule has 1 aliphatic heterocycles. The molecule has 0 bridgehead atoms. The summed E-state index contributed by atoms with van der Waals surface area (Å²) in [5.41, 5.74) is 0.598. The second-order valence-corrected chi connectivity index (χ2v) is 6.23. The van der Waals surface area contributed by atoms with Gasteiger partial charge in [-0.1, -0.05) is 39.1 Å². The first kappa shape index (κ1) is 13.2. The summed E-state index contributed by atoms with van der Waals surface area (Å²) in [6.45, 7) is 1.56. The van der Waals surface area contributed by atoms with Crippen molar-refractivity contribution in [3.63, 3.8) is 0 Å². The molecule has 5 heteroatoms. The first-order valence-corrected chi connectivity index (χ1v) is 7.13. The van der Waals surface area contributed by atoms with E-state index in [1.165, 1.54) is 0 Å². The average molecular weight is 337 g/mol. The fraction of sp³-hybridized carbons (Fsp3) is 0.417. The fourth-order valence-corrected chi connectivity index (χ4v) is 2.89. The molecule has 2 nitrogen and oxygen atoms in total. The lowest BCUT2D eigenvalue weighted by atomic mass is 10.1. The highest BCUT2D eigenvalue weighted by atomic mass is 79.9. The van der Waals surface area contributed by atoms with E-state index in [1.807, 2.05) is 4.90 Å². The number of hydrogen-bond donors (Lipinski definition) is 0. The molecule has 1 amide bonds. The van der Waals surface area contributed by atoms with Crippen LogP contribution in [0.3, 0.4) is 0 Å². The van der Waals surface area contributed by atoms with E-state index in [2.05, 4.69) is 15.9 Å². The van der Waals surface area contributed by atoms with Crippen LogP contribution in [0.2, 0.25) is 10.0 Å². The molecule has 0 saturated carbocycles. The van der Waals surface area contributed by atoms with Gasteiger partial charge in [0.15, 0.2) is 0 Å². The van der Waals surface area contributed by atoms with E-state index in [-0.39, 0.29) is 5.91 Å². The van der Waals surface area contributed by atoms with Gasteiger partial charge in [-0.25, -0.2) is 0 Å². The Morgan fingerprint density at radius 1 is 1.35 bits per heavy atom. The Balaban J connectivity index is 2.15. The van der Waals surface area contributed by atoms with Crippen LogP contribution in [0.1, 0.15) is 23.2 Å². The number of carbonyl (C=O) groups is 1. The van der Waals surface area contributed by atoms with Crippen molar-refractivity contribution < 1.29 is 4.79 Å². The highest BCUT2D eigenvalue weighted by Crippen LogP contribution is 2.24. The quantitative estimate of drug-likeness (QED) is 0.710. The molecule has 17 heavy (non-hydrogen) atoms. The minimum atomic E-state index is 0.0210.